The van der Waals surface area contributed by atoms with Crippen LogP contribution in [0, 0.1) is 0 Å². The van der Waals surface area contributed by atoms with E-state index in [1.807, 2.05) is 91.9 Å². The summed E-state index contributed by atoms with van der Waals surface area (Å²) >= 11 is 0. The Morgan fingerprint density at radius 1 is 0.333 bits per heavy atom. The van der Waals surface area contributed by atoms with Gasteiger partial charge in [-0.1, -0.05) is 101 Å². The van der Waals surface area contributed by atoms with Crippen LogP contribution >= 0.6 is 0 Å². The van der Waals surface area contributed by atoms with Crippen molar-refractivity contribution in [1.29, 1.82) is 0 Å². The van der Waals surface area contributed by atoms with E-state index in [9.17, 15) is 110 Å². The number of hydrogen-bond donors (Lipinski definition) is 0. The molecule has 0 aliphatic rings. The van der Waals surface area contributed by atoms with Crippen LogP contribution in [0.1, 0.15) is 57.0 Å². The molecule has 0 N–H and O–H groups in total. The van der Waals surface area contributed by atoms with Crippen LogP contribution < -0.4 is 26.6 Å². The molecule has 7 aromatic carbocycles. The number of benzene rings is 7. The van der Waals surface area contributed by atoms with Crippen molar-refractivity contribution in [3.8, 4) is 5.75 Å². The van der Waals surface area contributed by atoms with Crippen LogP contribution in [0.4, 0.5) is 105 Å². The van der Waals surface area contributed by atoms with Crippen LogP contribution in [-0.2, 0) is 69.3 Å². The van der Waals surface area contributed by atoms with E-state index >= 15 is 0 Å². The van der Waals surface area contributed by atoms with E-state index in [1.54, 1.807) is 0 Å². The zero-order valence-corrected chi connectivity index (χ0v) is 41.1. The Labute approximate surface area is 443 Å². The molecule has 0 saturated carbocycles. The maximum absolute atomic E-state index is 14.2. The molecular formula is C53H33BF24O2S. The summed E-state index contributed by atoms with van der Waals surface area (Å²) in [5, 5.41) is 0. The first-order chi connectivity index (χ1) is 37.0. The largest absolute Gasteiger partial charge is 0.494 e. The Balaban J connectivity index is 0.000000363. The smallest absolute Gasteiger partial charge is 0.416 e. The third-order valence-electron chi connectivity index (χ3n) is 12.3. The third kappa shape index (κ3) is 14.5. The minimum atomic E-state index is -6.13. The number of rotatable bonds is 10. The Morgan fingerprint density at radius 3 is 0.753 bits per heavy atom. The molecule has 7 aromatic rings. The molecule has 0 spiro atoms. The first-order valence-corrected chi connectivity index (χ1v) is 24.4. The lowest BCUT2D eigenvalue weighted by Gasteiger charge is -2.46. The quantitative estimate of drug-likeness (QED) is 0.0775. The molecule has 0 fully saturated rings. The zero-order chi connectivity index (χ0) is 60.7. The van der Waals surface area contributed by atoms with Gasteiger partial charge < -0.3 is 4.74 Å². The summed E-state index contributed by atoms with van der Waals surface area (Å²) in [6, 6.07) is 18.5. The molecule has 0 unspecified atom stereocenters. The van der Waals surface area contributed by atoms with E-state index < -0.39 is 205 Å². The fourth-order valence-corrected chi connectivity index (χ4v) is 11.2. The SMILES string of the molecule is CCOc1ccc(C[S+](=O)(c2ccccc2)c2ccccc2)cc1.FC(F)(F)c1cc([B-](c2cc(C(F)(F)F)cc(C(F)(F)F)c2)(c2cc(C(F)(F)F)cc(C(F)(F)F)c2)c2cc(C(F)(F)F)cc(C(F)(F)F)c2)cc(C(F)(F)F)c1. The van der Waals surface area contributed by atoms with Gasteiger partial charge in [-0.15, -0.1) is 0 Å². The van der Waals surface area contributed by atoms with E-state index in [4.69, 9.17) is 4.74 Å². The third-order valence-corrected chi connectivity index (χ3v) is 15.1. The summed E-state index contributed by atoms with van der Waals surface area (Å²) in [6.07, 6.45) is -54.8. The fraction of sp³-hybridized carbons (Fsp3) is 0.208. The topological polar surface area (TPSA) is 26.3 Å². The van der Waals surface area contributed by atoms with Gasteiger partial charge in [0.05, 0.1) is 51.1 Å². The molecule has 7 rings (SSSR count). The summed E-state index contributed by atoms with van der Waals surface area (Å²) in [5.41, 5.74) is -29.2. The summed E-state index contributed by atoms with van der Waals surface area (Å²) in [4.78, 5) is 1.73. The van der Waals surface area contributed by atoms with Crippen LogP contribution in [0.2, 0.25) is 0 Å². The Kier molecular flexibility index (Phi) is 17.4. The summed E-state index contributed by atoms with van der Waals surface area (Å²) < 4.78 is 360. The normalized spacial score (nSPS) is 13.4. The van der Waals surface area contributed by atoms with E-state index in [0.717, 1.165) is 21.1 Å². The minimum Gasteiger partial charge on any atom is -0.494 e. The van der Waals surface area contributed by atoms with E-state index in [2.05, 4.69) is 0 Å². The second-order valence-electron chi connectivity index (χ2n) is 17.7. The molecule has 0 bridgehead atoms. The lowest BCUT2D eigenvalue weighted by atomic mass is 9.12. The second-order valence-corrected chi connectivity index (χ2v) is 20.3. The van der Waals surface area contributed by atoms with Crippen molar-refractivity contribution in [3.63, 3.8) is 0 Å². The van der Waals surface area contributed by atoms with Crippen molar-refractivity contribution in [3.05, 3.63) is 208 Å². The molecule has 0 aliphatic carbocycles. The van der Waals surface area contributed by atoms with Crippen LogP contribution in [0.15, 0.2) is 168 Å². The van der Waals surface area contributed by atoms with Gasteiger partial charge in [0.2, 0.25) is 0 Å². The Morgan fingerprint density at radius 2 is 0.556 bits per heavy atom. The highest BCUT2D eigenvalue weighted by molar-refractivity contribution is 8.02. The molecule has 0 saturated heterocycles. The molecule has 0 aromatic heterocycles. The Hall–Kier alpha value is -7.13. The van der Waals surface area contributed by atoms with Gasteiger partial charge >= 0.3 is 49.4 Å². The standard InChI is InChI=1S/C32H12BF24.C21H21O2S/c34-25(35,36)13-1-14(26(37,38)39)6-21(5-13)33(22-7-15(27(40,41)42)2-16(8-22)28(43,44)45,23-9-17(29(46,47)48)3-18(10-23)30(49,50)51)24-11-19(31(52,53)54)4-20(12-24)32(55,56)57;1-2-23-19-15-13-18(14-16-19)17-24(22,20-9-5-3-6-10-20)21-11-7-4-8-12-21/h1-12H;3-16H,2,17H2,1H3/q-1;+1. The minimum absolute atomic E-state index is 0.480. The summed E-state index contributed by atoms with van der Waals surface area (Å²) in [7, 11) is -2.37. The van der Waals surface area contributed by atoms with Crippen molar-refractivity contribution in [1.82, 2.24) is 0 Å². The molecule has 28 heteroatoms. The zero-order valence-electron chi connectivity index (χ0n) is 40.3. The molecule has 2 nitrogen and oxygen atoms in total. The van der Waals surface area contributed by atoms with Crippen LogP contribution in [0.3, 0.4) is 0 Å². The van der Waals surface area contributed by atoms with Crippen LogP contribution in [-0.4, -0.2) is 12.8 Å². The van der Waals surface area contributed by atoms with E-state index in [1.165, 1.54) is 0 Å². The molecular weight excluding hydrogens is 1170 g/mol. The van der Waals surface area contributed by atoms with Crippen LogP contribution in [0.5, 0.6) is 5.75 Å². The van der Waals surface area contributed by atoms with Gasteiger partial charge in [0.15, 0.2) is 19.7 Å². The second kappa shape index (κ2) is 22.3. The molecule has 81 heavy (non-hydrogen) atoms. The van der Waals surface area contributed by atoms with Gasteiger partial charge in [-0.25, -0.2) is 0 Å². The molecule has 0 heterocycles. The molecule has 0 amide bonds. The highest BCUT2D eigenvalue weighted by atomic mass is 32.2. The van der Waals surface area contributed by atoms with Gasteiger partial charge in [0.25, 0.3) is 0 Å². The average molecular weight is 1200 g/mol. The molecule has 0 aliphatic heterocycles. The Bertz CT molecular complexity index is 2890. The number of hydrogen-bond acceptors (Lipinski definition) is 2. The molecule has 0 atom stereocenters. The maximum Gasteiger partial charge on any atom is 0.416 e. The summed E-state index contributed by atoms with van der Waals surface area (Å²) in [5.74, 6) is 1.32. The monoisotopic (exact) mass is 1200 g/mol. The van der Waals surface area contributed by atoms with Gasteiger partial charge in [0, 0.05) is 5.56 Å². The van der Waals surface area contributed by atoms with Crippen molar-refractivity contribution < 1.29 is 114 Å². The average Bonchev–Trinajstić information content (AvgIpc) is 3.10. The van der Waals surface area contributed by atoms with Crippen molar-refractivity contribution in [2.24, 2.45) is 0 Å². The predicted octanol–water partition coefficient (Wildman–Crippen LogP) is 16.4. The number of halogens is 24. The van der Waals surface area contributed by atoms with E-state index in [0.29, 0.717) is 12.4 Å². The number of ether oxygens (including phenoxy) is 1. The first-order valence-electron chi connectivity index (χ1n) is 22.7. The maximum atomic E-state index is 14.2. The summed E-state index contributed by atoms with van der Waals surface area (Å²) in [6.45, 7) is 2.61. The van der Waals surface area contributed by atoms with Gasteiger partial charge in [-0.05, 0) is 67.6 Å². The van der Waals surface area contributed by atoms with E-state index in [-0.39, 0.29) is 0 Å². The lowest BCUT2D eigenvalue weighted by molar-refractivity contribution is -0.144. The van der Waals surface area contributed by atoms with Gasteiger partial charge in [-0.3, -0.25) is 0 Å². The van der Waals surface area contributed by atoms with Crippen molar-refractivity contribution >= 4 is 37.9 Å². The fourth-order valence-electron chi connectivity index (χ4n) is 8.74. The highest BCUT2D eigenvalue weighted by Crippen LogP contribution is 2.42. The van der Waals surface area contributed by atoms with Gasteiger partial charge in [0.1, 0.15) is 17.6 Å². The van der Waals surface area contributed by atoms with Crippen molar-refractivity contribution in [2.75, 3.05) is 6.61 Å². The predicted molar refractivity (Wildman–Crippen MR) is 249 cm³/mol. The lowest BCUT2D eigenvalue weighted by Crippen LogP contribution is -2.75. The van der Waals surface area contributed by atoms with Gasteiger partial charge in [-0.2, -0.15) is 127 Å². The first kappa shape index (κ1) is 63.1. The highest BCUT2D eigenvalue weighted by Gasteiger charge is 2.47. The van der Waals surface area contributed by atoms with Crippen LogP contribution in [0.25, 0.3) is 0 Å². The molecule has 0 radical (unpaired) electrons. The molecule has 434 valence electrons. The number of alkyl halides is 24. The van der Waals surface area contributed by atoms with Crippen molar-refractivity contribution in [2.45, 2.75) is 71.9 Å².